The van der Waals surface area contributed by atoms with Gasteiger partial charge in [-0.25, -0.2) is 0 Å². The maximum Gasteiger partial charge on any atom is 0.290 e. The molecule has 0 bridgehead atoms. The second kappa shape index (κ2) is 7.14. The van der Waals surface area contributed by atoms with E-state index < -0.39 is 6.10 Å². The Morgan fingerprint density at radius 1 is 1.25 bits per heavy atom. The number of nitrogens with one attached hydrogen (secondary N) is 1. The first-order valence-electron chi connectivity index (χ1n) is 7.68. The lowest BCUT2D eigenvalue weighted by Gasteiger charge is -2.15. The number of rotatable bonds is 6. The van der Waals surface area contributed by atoms with Crippen LogP contribution in [0.3, 0.4) is 0 Å². The number of carbonyl (C=O) groups is 1. The van der Waals surface area contributed by atoms with Gasteiger partial charge in [-0.2, -0.15) is 0 Å². The molecule has 2 unspecified atom stereocenters. The minimum absolute atomic E-state index is 0.133. The van der Waals surface area contributed by atoms with Gasteiger partial charge in [-0.15, -0.1) is 0 Å². The minimum atomic E-state index is -0.773. The number of aromatic nitrogens is 1. The Morgan fingerprint density at radius 3 is 2.75 bits per heavy atom. The second-order valence-corrected chi connectivity index (χ2v) is 5.58. The van der Waals surface area contributed by atoms with Crippen LogP contribution in [0.2, 0.25) is 0 Å². The van der Waals surface area contributed by atoms with Crippen molar-refractivity contribution in [1.29, 1.82) is 0 Å². The van der Waals surface area contributed by atoms with E-state index >= 15 is 0 Å². The van der Waals surface area contributed by atoms with Crippen molar-refractivity contribution in [2.24, 2.45) is 0 Å². The summed E-state index contributed by atoms with van der Waals surface area (Å²) in [6, 6.07) is 14.2. The molecule has 2 heterocycles. The maximum absolute atomic E-state index is 12.2. The zero-order valence-electron chi connectivity index (χ0n) is 13.2. The lowest BCUT2D eigenvalue weighted by atomic mass is 10.1. The predicted octanol–water partition coefficient (Wildman–Crippen LogP) is 3.18. The molecule has 24 heavy (non-hydrogen) atoms. The number of carbonyl (C=O) groups excluding carboxylic acids is 1. The van der Waals surface area contributed by atoms with Gasteiger partial charge in [0.15, 0.2) is 0 Å². The van der Waals surface area contributed by atoms with Crippen LogP contribution in [0.15, 0.2) is 63.7 Å². The Morgan fingerprint density at radius 2 is 2.04 bits per heavy atom. The standard InChI is InChI=1S/C18H18N2O4/c1-12(10-15(21)16-8-5-9-23-16)19-18(22)17-11-14(20-24-17)13-6-3-2-4-7-13/h2-9,11-12,15,21H,10H2,1H3,(H,19,22). The van der Waals surface area contributed by atoms with Crippen molar-refractivity contribution in [3.8, 4) is 11.3 Å². The molecule has 0 aliphatic heterocycles. The van der Waals surface area contributed by atoms with E-state index in [4.69, 9.17) is 8.94 Å². The maximum atomic E-state index is 12.2. The largest absolute Gasteiger partial charge is 0.467 e. The van der Waals surface area contributed by atoms with Gasteiger partial charge >= 0.3 is 0 Å². The average molecular weight is 326 g/mol. The highest BCUT2D eigenvalue weighted by atomic mass is 16.5. The van der Waals surface area contributed by atoms with Crippen molar-refractivity contribution >= 4 is 5.91 Å². The Kier molecular flexibility index (Phi) is 4.77. The number of nitrogens with zero attached hydrogens (tertiary/aromatic N) is 1. The third kappa shape index (κ3) is 3.72. The molecule has 1 amide bonds. The van der Waals surface area contributed by atoms with Crippen molar-refractivity contribution in [1.82, 2.24) is 10.5 Å². The molecular formula is C18H18N2O4. The van der Waals surface area contributed by atoms with Gasteiger partial charge in [0, 0.05) is 24.1 Å². The summed E-state index contributed by atoms with van der Waals surface area (Å²) in [6.45, 7) is 1.80. The highest BCUT2D eigenvalue weighted by Crippen LogP contribution is 2.20. The molecule has 0 aliphatic rings. The van der Waals surface area contributed by atoms with Crippen LogP contribution >= 0.6 is 0 Å². The van der Waals surface area contributed by atoms with E-state index in [2.05, 4.69) is 10.5 Å². The van der Waals surface area contributed by atoms with Crippen LogP contribution in [0.1, 0.15) is 35.8 Å². The average Bonchev–Trinajstić information content (AvgIpc) is 3.27. The lowest BCUT2D eigenvalue weighted by Crippen LogP contribution is -2.33. The van der Waals surface area contributed by atoms with Crippen LogP contribution in [-0.2, 0) is 0 Å². The third-order valence-corrected chi connectivity index (χ3v) is 3.63. The zero-order valence-corrected chi connectivity index (χ0v) is 13.2. The molecule has 2 atom stereocenters. The molecule has 0 fully saturated rings. The minimum Gasteiger partial charge on any atom is -0.467 e. The quantitative estimate of drug-likeness (QED) is 0.726. The molecule has 3 aromatic rings. The van der Waals surface area contributed by atoms with Crippen LogP contribution < -0.4 is 5.32 Å². The molecule has 6 nitrogen and oxygen atoms in total. The summed E-state index contributed by atoms with van der Waals surface area (Å²) in [6.07, 6.45) is 1.06. The first-order chi connectivity index (χ1) is 11.6. The second-order valence-electron chi connectivity index (χ2n) is 5.58. The molecule has 3 rings (SSSR count). The van der Waals surface area contributed by atoms with Gasteiger partial charge in [-0.1, -0.05) is 35.5 Å². The number of aliphatic hydroxyl groups is 1. The molecule has 6 heteroatoms. The smallest absolute Gasteiger partial charge is 0.290 e. The molecule has 124 valence electrons. The van der Waals surface area contributed by atoms with Crippen LogP contribution in [0.25, 0.3) is 11.3 Å². The lowest BCUT2D eigenvalue weighted by molar-refractivity contribution is 0.0868. The van der Waals surface area contributed by atoms with Crippen molar-refractivity contribution in [3.05, 3.63) is 66.3 Å². The number of amides is 1. The van der Waals surface area contributed by atoms with E-state index in [1.54, 1.807) is 25.1 Å². The summed E-state index contributed by atoms with van der Waals surface area (Å²) < 4.78 is 10.3. The number of furan rings is 1. The molecule has 0 saturated heterocycles. The summed E-state index contributed by atoms with van der Waals surface area (Å²) in [7, 11) is 0. The summed E-state index contributed by atoms with van der Waals surface area (Å²) in [5.74, 6) is 0.235. The Bertz CT molecular complexity index is 780. The molecular weight excluding hydrogens is 308 g/mol. The number of aliphatic hydroxyl groups excluding tert-OH is 1. The summed E-state index contributed by atoms with van der Waals surface area (Å²) in [5, 5.41) is 16.7. The van der Waals surface area contributed by atoms with Crippen LogP contribution in [0.5, 0.6) is 0 Å². The van der Waals surface area contributed by atoms with Gasteiger partial charge in [0.05, 0.1) is 6.26 Å². The van der Waals surface area contributed by atoms with Gasteiger partial charge < -0.3 is 19.4 Å². The first kappa shape index (κ1) is 16.0. The molecule has 2 N–H and O–H groups in total. The SMILES string of the molecule is CC(CC(O)c1ccco1)NC(=O)c1cc(-c2ccccc2)no1. The molecule has 2 aromatic heterocycles. The van der Waals surface area contributed by atoms with E-state index in [9.17, 15) is 9.90 Å². The zero-order chi connectivity index (χ0) is 16.9. The third-order valence-electron chi connectivity index (χ3n) is 3.63. The normalized spacial score (nSPS) is 13.4. The van der Waals surface area contributed by atoms with E-state index in [0.29, 0.717) is 17.9 Å². The number of hydrogen-bond acceptors (Lipinski definition) is 5. The van der Waals surface area contributed by atoms with Crippen molar-refractivity contribution in [2.45, 2.75) is 25.5 Å². The van der Waals surface area contributed by atoms with Gasteiger partial charge in [-0.05, 0) is 19.1 Å². The van der Waals surface area contributed by atoms with Gasteiger partial charge in [0.25, 0.3) is 5.91 Å². The van der Waals surface area contributed by atoms with E-state index in [0.717, 1.165) is 5.56 Å². The van der Waals surface area contributed by atoms with Gasteiger partial charge in [0.2, 0.25) is 5.76 Å². The molecule has 0 aliphatic carbocycles. The highest BCUT2D eigenvalue weighted by molar-refractivity contribution is 5.92. The first-order valence-corrected chi connectivity index (χ1v) is 7.68. The molecule has 0 spiro atoms. The van der Waals surface area contributed by atoms with E-state index in [1.807, 2.05) is 30.3 Å². The van der Waals surface area contributed by atoms with Crippen LogP contribution in [0, 0.1) is 0 Å². The Hall–Kier alpha value is -2.86. The monoisotopic (exact) mass is 326 g/mol. The van der Waals surface area contributed by atoms with Gasteiger partial charge in [-0.3, -0.25) is 4.79 Å². The van der Waals surface area contributed by atoms with E-state index in [1.165, 1.54) is 6.26 Å². The van der Waals surface area contributed by atoms with Crippen molar-refractivity contribution in [3.63, 3.8) is 0 Å². The van der Waals surface area contributed by atoms with Crippen LogP contribution in [0.4, 0.5) is 0 Å². The van der Waals surface area contributed by atoms with Gasteiger partial charge in [0.1, 0.15) is 17.6 Å². The van der Waals surface area contributed by atoms with Crippen LogP contribution in [-0.4, -0.2) is 22.2 Å². The fraction of sp³-hybridized carbons (Fsp3) is 0.222. The molecule has 0 radical (unpaired) electrons. The van der Waals surface area contributed by atoms with Crippen molar-refractivity contribution < 1.29 is 18.8 Å². The summed E-state index contributed by atoms with van der Waals surface area (Å²) in [5.41, 5.74) is 1.48. The highest BCUT2D eigenvalue weighted by Gasteiger charge is 2.19. The fourth-order valence-corrected chi connectivity index (χ4v) is 2.41. The number of hydrogen-bond donors (Lipinski definition) is 2. The van der Waals surface area contributed by atoms with Crippen molar-refractivity contribution in [2.75, 3.05) is 0 Å². The molecule has 0 saturated carbocycles. The Labute approximate surface area is 139 Å². The van der Waals surface area contributed by atoms with E-state index in [-0.39, 0.29) is 17.7 Å². The number of benzene rings is 1. The topological polar surface area (TPSA) is 88.5 Å². The molecule has 1 aromatic carbocycles. The summed E-state index contributed by atoms with van der Waals surface area (Å²) in [4.78, 5) is 12.2. The summed E-state index contributed by atoms with van der Waals surface area (Å²) >= 11 is 0. The predicted molar refractivity (Wildman–Crippen MR) is 87.2 cm³/mol. The Balaban J connectivity index is 1.60. The fourth-order valence-electron chi connectivity index (χ4n) is 2.41.